The smallest absolute Gasteiger partial charge is 0.110 e. The summed E-state index contributed by atoms with van der Waals surface area (Å²) in [6.07, 6.45) is 1.23. The molecule has 0 spiro atoms. The molecule has 4 heteroatoms. The van der Waals surface area contributed by atoms with Gasteiger partial charge in [0, 0.05) is 29.7 Å². The van der Waals surface area contributed by atoms with Gasteiger partial charge in [-0.15, -0.1) is 11.3 Å². The van der Waals surface area contributed by atoms with Crippen LogP contribution in [-0.4, -0.2) is 35.6 Å². The molecular formula is C14H25N3S. The van der Waals surface area contributed by atoms with E-state index in [4.69, 9.17) is 0 Å². The van der Waals surface area contributed by atoms with Crippen LogP contribution in [0.1, 0.15) is 43.9 Å². The number of likely N-dealkylation sites (tertiary alicyclic amines) is 1. The van der Waals surface area contributed by atoms with Crippen molar-refractivity contribution < 1.29 is 0 Å². The summed E-state index contributed by atoms with van der Waals surface area (Å²) in [7, 11) is 2.08. The number of aromatic nitrogens is 1. The van der Waals surface area contributed by atoms with Gasteiger partial charge in [0.25, 0.3) is 0 Å². The number of nitrogens with zero attached hydrogens (tertiary/aromatic N) is 2. The van der Waals surface area contributed by atoms with Crippen molar-refractivity contribution in [2.75, 3.05) is 13.6 Å². The Bertz CT molecular complexity index is 390. The lowest BCUT2D eigenvalue weighted by Crippen LogP contribution is -2.53. The topological polar surface area (TPSA) is 28.2 Å². The minimum atomic E-state index is 0.443. The summed E-state index contributed by atoms with van der Waals surface area (Å²) >= 11 is 1.79. The van der Waals surface area contributed by atoms with Crippen molar-refractivity contribution in [1.29, 1.82) is 0 Å². The van der Waals surface area contributed by atoms with Crippen LogP contribution in [0.2, 0.25) is 0 Å². The zero-order valence-electron chi connectivity index (χ0n) is 12.1. The lowest BCUT2D eigenvalue weighted by atomic mass is 9.86. The fourth-order valence-electron chi connectivity index (χ4n) is 3.05. The number of aryl methyl sites for hydroxylation is 1. The maximum absolute atomic E-state index is 4.65. The largest absolute Gasteiger partial charge is 0.317 e. The molecule has 1 aromatic rings. The van der Waals surface area contributed by atoms with Crippen LogP contribution >= 0.6 is 11.3 Å². The number of nitrogens with one attached hydrogen (secondary N) is 1. The van der Waals surface area contributed by atoms with E-state index in [2.05, 4.69) is 55.3 Å². The fourth-order valence-corrected chi connectivity index (χ4v) is 3.93. The number of piperidine rings is 1. The summed E-state index contributed by atoms with van der Waals surface area (Å²) in [5.74, 6) is 0.687. The molecule has 3 nitrogen and oxygen atoms in total. The van der Waals surface area contributed by atoms with Crippen LogP contribution in [-0.2, 0) is 0 Å². The summed E-state index contributed by atoms with van der Waals surface area (Å²) in [6, 6.07) is 1.70. The first-order valence-corrected chi connectivity index (χ1v) is 7.77. The van der Waals surface area contributed by atoms with E-state index in [1.165, 1.54) is 11.4 Å². The van der Waals surface area contributed by atoms with E-state index in [9.17, 15) is 0 Å². The fraction of sp³-hybridized carbons (Fsp3) is 0.786. The van der Waals surface area contributed by atoms with Crippen molar-refractivity contribution in [3.8, 4) is 0 Å². The monoisotopic (exact) mass is 267 g/mol. The zero-order valence-corrected chi connectivity index (χ0v) is 12.9. The molecule has 1 fully saturated rings. The molecule has 18 heavy (non-hydrogen) atoms. The molecule has 102 valence electrons. The van der Waals surface area contributed by atoms with Gasteiger partial charge in [-0.3, -0.25) is 4.90 Å². The van der Waals surface area contributed by atoms with Crippen molar-refractivity contribution in [2.24, 2.45) is 5.92 Å². The molecule has 1 aliphatic heterocycles. The van der Waals surface area contributed by atoms with Crippen molar-refractivity contribution >= 4 is 11.3 Å². The second-order valence-electron chi connectivity index (χ2n) is 5.52. The molecule has 0 aliphatic carbocycles. The van der Waals surface area contributed by atoms with Gasteiger partial charge in [-0.25, -0.2) is 4.98 Å². The van der Waals surface area contributed by atoms with E-state index in [-0.39, 0.29) is 0 Å². The van der Waals surface area contributed by atoms with Gasteiger partial charge in [0.1, 0.15) is 5.01 Å². The highest BCUT2D eigenvalue weighted by Crippen LogP contribution is 2.32. The van der Waals surface area contributed by atoms with Crippen LogP contribution < -0.4 is 5.32 Å². The highest BCUT2D eigenvalue weighted by Gasteiger charge is 2.34. The van der Waals surface area contributed by atoms with Crippen molar-refractivity contribution in [1.82, 2.24) is 15.2 Å². The third kappa shape index (κ3) is 2.60. The Kier molecular flexibility index (Phi) is 4.41. The number of thiazole rings is 1. The average Bonchev–Trinajstić information content (AvgIpc) is 2.78. The van der Waals surface area contributed by atoms with Crippen molar-refractivity contribution in [3.05, 3.63) is 16.1 Å². The Morgan fingerprint density at radius 1 is 1.50 bits per heavy atom. The SMILES string of the molecule is CNC1CCN(C(C)c2nc(C)cs2)C(C)C1C. The summed E-state index contributed by atoms with van der Waals surface area (Å²) in [5, 5.41) is 6.86. The van der Waals surface area contributed by atoms with Gasteiger partial charge in [-0.2, -0.15) is 0 Å². The Morgan fingerprint density at radius 2 is 2.22 bits per heavy atom. The maximum atomic E-state index is 4.65. The average molecular weight is 267 g/mol. The number of rotatable bonds is 3. The van der Waals surface area contributed by atoms with E-state index >= 15 is 0 Å². The summed E-state index contributed by atoms with van der Waals surface area (Å²) < 4.78 is 0. The Hall–Kier alpha value is -0.450. The highest BCUT2D eigenvalue weighted by atomic mass is 32.1. The van der Waals surface area contributed by atoms with E-state index < -0.39 is 0 Å². The van der Waals surface area contributed by atoms with E-state index in [1.54, 1.807) is 11.3 Å². The molecule has 0 saturated carbocycles. The van der Waals surface area contributed by atoms with Gasteiger partial charge in [0.05, 0.1) is 6.04 Å². The summed E-state index contributed by atoms with van der Waals surface area (Å²) in [5.41, 5.74) is 1.15. The van der Waals surface area contributed by atoms with Gasteiger partial charge >= 0.3 is 0 Å². The second kappa shape index (κ2) is 5.68. The van der Waals surface area contributed by atoms with Crippen LogP contribution in [0.5, 0.6) is 0 Å². The molecular weight excluding hydrogens is 242 g/mol. The van der Waals surface area contributed by atoms with Gasteiger partial charge in [-0.1, -0.05) is 6.92 Å². The molecule has 4 unspecified atom stereocenters. The summed E-state index contributed by atoms with van der Waals surface area (Å²) in [6.45, 7) is 10.2. The molecule has 4 atom stereocenters. The Labute approximate surface area is 115 Å². The third-order valence-electron chi connectivity index (χ3n) is 4.48. The van der Waals surface area contributed by atoms with E-state index in [0.29, 0.717) is 24.0 Å². The second-order valence-corrected chi connectivity index (χ2v) is 6.41. The minimum Gasteiger partial charge on any atom is -0.317 e. The maximum Gasteiger partial charge on any atom is 0.110 e. The van der Waals surface area contributed by atoms with Crippen molar-refractivity contribution in [3.63, 3.8) is 0 Å². The van der Waals surface area contributed by atoms with Crippen LogP contribution in [0.4, 0.5) is 0 Å². The van der Waals surface area contributed by atoms with Crippen LogP contribution in [0.3, 0.4) is 0 Å². The number of hydrogen-bond donors (Lipinski definition) is 1. The van der Waals surface area contributed by atoms with Crippen LogP contribution in [0.15, 0.2) is 5.38 Å². The first-order valence-electron chi connectivity index (χ1n) is 6.89. The molecule has 2 rings (SSSR count). The Morgan fingerprint density at radius 3 is 2.78 bits per heavy atom. The lowest BCUT2D eigenvalue weighted by Gasteiger charge is -2.45. The number of hydrogen-bond acceptors (Lipinski definition) is 4. The standard InChI is InChI=1S/C14H25N3S/c1-9-8-18-14(16-9)12(4)17-7-6-13(15-5)10(2)11(17)3/h8,10-13,15H,6-7H2,1-5H3. The van der Waals surface area contributed by atoms with E-state index in [1.807, 2.05) is 0 Å². The quantitative estimate of drug-likeness (QED) is 0.913. The molecule has 0 radical (unpaired) electrons. The summed E-state index contributed by atoms with van der Waals surface area (Å²) in [4.78, 5) is 7.25. The first-order chi connectivity index (χ1) is 8.54. The molecule has 2 heterocycles. The van der Waals surface area contributed by atoms with Gasteiger partial charge in [0.2, 0.25) is 0 Å². The van der Waals surface area contributed by atoms with Gasteiger partial charge in [-0.05, 0) is 40.2 Å². The van der Waals surface area contributed by atoms with Gasteiger partial charge in [0.15, 0.2) is 0 Å². The molecule has 0 aromatic carbocycles. The zero-order chi connectivity index (χ0) is 13.3. The van der Waals surface area contributed by atoms with Crippen LogP contribution in [0, 0.1) is 12.8 Å². The van der Waals surface area contributed by atoms with Gasteiger partial charge < -0.3 is 5.32 Å². The molecule has 1 aromatic heterocycles. The molecule has 1 N–H and O–H groups in total. The lowest BCUT2D eigenvalue weighted by molar-refractivity contribution is 0.0544. The first kappa shape index (κ1) is 14.0. The normalized spacial score (nSPS) is 31.5. The molecule has 1 saturated heterocycles. The van der Waals surface area contributed by atoms with Crippen molar-refractivity contribution in [2.45, 2.75) is 52.2 Å². The highest BCUT2D eigenvalue weighted by molar-refractivity contribution is 7.09. The predicted molar refractivity (Wildman–Crippen MR) is 78.1 cm³/mol. The Balaban J connectivity index is 2.09. The predicted octanol–water partition coefficient (Wildman–Crippen LogP) is 2.83. The molecule has 0 amide bonds. The van der Waals surface area contributed by atoms with E-state index in [0.717, 1.165) is 12.2 Å². The third-order valence-corrected chi connectivity index (χ3v) is 5.61. The molecule has 1 aliphatic rings. The molecule has 0 bridgehead atoms. The minimum absolute atomic E-state index is 0.443. The van der Waals surface area contributed by atoms with Crippen LogP contribution in [0.25, 0.3) is 0 Å².